The maximum Gasteiger partial charge on any atom is 0.306 e. The average Bonchev–Trinajstić information content (AvgIpc) is 2.28. The standard InChI is InChI=1S/C14H18O2/c1-3-7-12(2)10-14(15)16-11-13-8-5-4-6-9-13/h3-6,8-9,12H,1,7,10-11H2,2H3. The lowest BCUT2D eigenvalue weighted by Gasteiger charge is -2.08. The quantitative estimate of drug-likeness (QED) is 0.540. The average molecular weight is 218 g/mol. The highest BCUT2D eigenvalue weighted by Crippen LogP contribution is 2.10. The zero-order valence-electron chi connectivity index (χ0n) is 9.69. The van der Waals surface area contributed by atoms with E-state index >= 15 is 0 Å². The lowest BCUT2D eigenvalue weighted by molar-refractivity contribution is -0.145. The highest BCUT2D eigenvalue weighted by molar-refractivity contribution is 5.69. The number of carbonyl (C=O) groups excluding carboxylic acids is 1. The van der Waals surface area contributed by atoms with Crippen LogP contribution in [0.25, 0.3) is 0 Å². The fourth-order valence-corrected chi connectivity index (χ4v) is 1.45. The van der Waals surface area contributed by atoms with E-state index < -0.39 is 0 Å². The van der Waals surface area contributed by atoms with Crippen LogP contribution in [-0.2, 0) is 16.1 Å². The van der Waals surface area contributed by atoms with Crippen molar-refractivity contribution in [2.45, 2.75) is 26.4 Å². The molecule has 1 aromatic rings. The van der Waals surface area contributed by atoms with Crippen LogP contribution in [0.2, 0.25) is 0 Å². The molecule has 0 bridgehead atoms. The zero-order valence-corrected chi connectivity index (χ0v) is 9.69. The van der Waals surface area contributed by atoms with Crippen molar-refractivity contribution in [3.8, 4) is 0 Å². The first-order valence-electron chi connectivity index (χ1n) is 5.53. The van der Waals surface area contributed by atoms with Gasteiger partial charge < -0.3 is 4.74 Å². The predicted octanol–water partition coefficient (Wildman–Crippen LogP) is 3.33. The minimum atomic E-state index is -0.141. The first-order chi connectivity index (χ1) is 7.72. The van der Waals surface area contributed by atoms with Crippen LogP contribution < -0.4 is 0 Å². The topological polar surface area (TPSA) is 26.3 Å². The molecule has 86 valence electrons. The van der Waals surface area contributed by atoms with Gasteiger partial charge in [-0.3, -0.25) is 4.79 Å². The van der Waals surface area contributed by atoms with Gasteiger partial charge in [-0.25, -0.2) is 0 Å². The fourth-order valence-electron chi connectivity index (χ4n) is 1.45. The van der Waals surface area contributed by atoms with E-state index in [-0.39, 0.29) is 5.97 Å². The summed E-state index contributed by atoms with van der Waals surface area (Å²) >= 11 is 0. The molecule has 0 aliphatic rings. The van der Waals surface area contributed by atoms with Crippen LogP contribution >= 0.6 is 0 Å². The van der Waals surface area contributed by atoms with Crippen molar-refractivity contribution in [1.29, 1.82) is 0 Å². The highest BCUT2D eigenvalue weighted by atomic mass is 16.5. The van der Waals surface area contributed by atoms with Gasteiger partial charge in [-0.15, -0.1) is 6.58 Å². The molecule has 1 atom stereocenters. The number of ether oxygens (including phenoxy) is 1. The summed E-state index contributed by atoms with van der Waals surface area (Å²) in [6, 6.07) is 9.70. The molecule has 2 nitrogen and oxygen atoms in total. The Morgan fingerprint density at radius 1 is 1.44 bits per heavy atom. The molecular formula is C14H18O2. The van der Waals surface area contributed by atoms with Gasteiger partial charge in [-0.05, 0) is 17.9 Å². The van der Waals surface area contributed by atoms with E-state index in [0.717, 1.165) is 12.0 Å². The SMILES string of the molecule is C=CCC(C)CC(=O)OCc1ccccc1. The lowest BCUT2D eigenvalue weighted by Crippen LogP contribution is -2.09. The van der Waals surface area contributed by atoms with E-state index in [4.69, 9.17) is 4.74 Å². The van der Waals surface area contributed by atoms with Crippen molar-refractivity contribution in [1.82, 2.24) is 0 Å². The molecule has 0 aliphatic carbocycles. The molecule has 0 fully saturated rings. The van der Waals surface area contributed by atoms with Crippen LogP contribution in [0.1, 0.15) is 25.3 Å². The van der Waals surface area contributed by atoms with Crippen LogP contribution in [0.15, 0.2) is 43.0 Å². The molecule has 0 saturated carbocycles. The van der Waals surface area contributed by atoms with Gasteiger partial charge in [0.05, 0.1) is 0 Å². The van der Waals surface area contributed by atoms with Crippen LogP contribution in [-0.4, -0.2) is 5.97 Å². The maximum absolute atomic E-state index is 11.4. The summed E-state index contributed by atoms with van der Waals surface area (Å²) in [5.74, 6) is 0.166. The number of hydrogen-bond donors (Lipinski definition) is 0. The van der Waals surface area contributed by atoms with Gasteiger partial charge in [0.1, 0.15) is 6.61 Å². The van der Waals surface area contributed by atoms with Crippen molar-refractivity contribution < 1.29 is 9.53 Å². The van der Waals surface area contributed by atoms with Gasteiger partial charge in [0, 0.05) is 6.42 Å². The Kier molecular flexibility index (Phi) is 5.34. The van der Waals surface area contributed by atoms with Crippen LogP contribution in [0, 0.1) is 5.92 Å². The first kappa shape index (κ1) is 12.5. The number of esters is 1. The van der Waals surface area contributed by atoms with Gasteiger partial charge in [0.15, 0.2) is 0 Å². The van der Waals surface area contributed by atoms with Crippen molar-refractivity contribution in [3.05, 3.63) is 48.6 Å². The molecule has 0 heterocycles. The molecule has 0 radical (unpaired) electrons. The minimum absolute atomic E-state index is 0.141. The fraction of sp³-hybridized carbons (Fsp3) is 0.357. The summed E-state index contributed by atoms with van der Waals surface area (Å²) < 4.78 is 5.17. The van der Waals surface area contributed by atoms with Crippen molar-refractivity contribution >= 4 is 5.97 Å². The van der Waals surface area contributed by atoms with Gasteiger partial charge in [0.25, 0.3) is 0 Å². The Balaban J connectivity index is 2.28. The smallest absolute Gasteiger partial charge is 0.306 e. The van der Waals surface area contributed by atoms with E-state index in [2.05, 4.69) is 6.58 Å². The van der Waals surface area contributed by atoms with E-state index in [0.29, 0.717) is 18.9 Å². The summed E-state index contributed by atoms with van der Waals surface area (Å²) in [6.45, 7) is 6.03. The van der Waals surface area contributed by atoms with Gasteiger partial charge in [0.2, 0.25) is 0 Å². The molecule has 0 spiro atoms. The molecule has 1 aromatic carbocycles. The monoisotopic (exact) mass is 218 g/mol. The van der Waals surface area contributed by atoms with Crippen molar-refractivity contribution in [2.75, 3.05) is 0 Å². The number of allylic oxidation sites excluding steroid dienone is 1. The number of rotatable bonds is 6. The molecule has 16 heavy (non-hydrogen) atoms. The Labute approximate surface area is 96.9 Å². The number of benzene rings is 1. The number of carbonyl (C=O) groups is 1. The van der Waals surface area contributed by atoms with Gasteiger partial charge >= 0.3 is 5.97 Å². The van der Waals surface area contributed by atoms with E-state index in [1.165, 1.54) is 0 Å². The Morgan fingerprint density at radius 3 is 2.75 bits per heavy atom. The first-order valence-corrected chi connectivity index (χ1v) is 5.53. The predicted molar refractivity (Wildman–Crippen MR) is 64.8 cm³/mol. The van der Waals surface area contributed by atoms with E-state index in [9.17, 15) is 4.79 Å². The molecule has 0 aromatic heterocycles. The molecule has 0 N–H and O–H groups in total. The normalized spacial score (nSPS) is 11.8. The Hall–Kier alpha value is -1.57. The van der Waals surface area contributed by atoms with Crippen molar-refractivity contribution in [2.24, 2.45) is 5.92 Å². The summed E-state index contributed by atoms with van der Waals surface area (Å²) in [5.41, 5.74) is 1.02. The minimum Gasteiger partial charge on any atom is -0.461 e. The van der Waals surface area contributed by atoms with Gasteiger partial charge in [-0.1, -0.05) is 43.3 Å². The Morgan fingerprint density at radius 2 is 2.12 bits per heavy atom. The third-order valence-electron chi connectivity index (χ3n) is 2.33. The zero-order chi connectivity index (χ0) is 11.8. The molecule has 1 rings (SSSR count). The summed E-state index contributed by atoms with van der Waals surface area (Å²) in [5, 5.41) is 0. The second-order valence-corrected chi connectivity index (χ2v) is 3.98. The Bertz CT molecular complexity index is 330. The molecule has 2 heteroatoms. The van der Waals surface area contributed by atoms with E-state index in [1.54, 1.807) is 0 Å². The molecule has 0 saturated heterocycles. The third-order valence-corrected chi connectivity index (χ3v) is 2.33. The second-order valence-electron chi connectivity index (χ2n) is 3.98. The molecule has 1 unspecified atom stereocenters. The summed E-state index contributed by atoms with van der Waals surface area (Å²) in [7, 11) is 0. The second kappa shape index (κ2) is 6.83. The number of hydrogen-bond acceptors (Lipinski definition) is 2. The van der Waals surface area contributed by atoms with Crippen molar-refractivity contribution in [3.63, 3.8) is 0 Å². The van der Waals surface area contributed by atoms with E-state index in [1.807, 2.05) is 43.3 Å². The third kappa shape index (κ3) is 4.78. The lowest BCUT2D eigenvalue weighted by atomic mass is 10.0. The highest BCUT2D eigenvalue weighted by Gasteiger charge is 2.08. The van der Waals surface area contributed by atoms with Gasteiger partial charge in [-0.2, -0.15) is 0 Å². The molecule has 0 aliphatic heterocycles. The van der Waals surface area contributed by atoms with Crippen LogP contribution in [0.3, 0.4) is 0 Å². The van der Waals surface area contributed by atoms with Crippen LogP contribution in [0.4, 0.5) is 0 Å². The molecule has 0 amide bonds. The largest absolute Gasteiger partial charge is 0.461 e. The summed E-state index contributed by atoms with van der Waals surface area (Å²) in [4.78, 5) is 11.4. The summed E-state index contributed by atoms with van der Waals surface area (Å²) in [6.07, 6.45) is 3.13. The maximum atomic E-state index is 11.4. The molecular weight excluding hydrogens is 200 g/mol. The van der Waals surface area contributed by atoms with Crippen LogP contribution in [0.5, 0.6) is 0 Å².